The predicted molar refractivity (Wildman–Crippen MR) is 151 cm³/mol. The highest BCUT2D eigenvalue weighted by Crippen LogP contribution is 2.21. The van der Waals surface area contributed by atoms with Crippen molar-refractivity contribution in [3.8, 4) is 0 Å². The van der Waals surface area contributed by atoms with E-state index < -0.39 is 34.4 Å². The molecule has 0 saturated carbocycles. The van der Waals surface area contributed by atoms with E-state index in [4.69, 9.17) is 34.8 Å². The quantitative estimate of drug-likeness (QED) is 0.332. The lowest BCUT2D eigenvalue weighted by atomic mass is 10.1. The third-order valence-corrected chi connectivity index (χ3v) is 7.92. The number of hydrogen-bond acceptors (Lipinski definition) is 4. The van der Waals surface area contributed by atoms with Gasteiger partial charge in [0.2, 0.25) is 21.8 Å². The second-order valence-corrected chi connectivity index (χ2v) is 12.1. The van der Waals surface area contributed by atoms with Gasteiger partial charge >= 0.3 is 0 Å². The number of sulfonamides is 1. The Morgan fingerprint density at radius 1 is 0.868 bits per heavy atom. The van der Waals surface area contributed by atoms with E-state index in [-0.39, 0.29) is 19.6 Å². The van der Waals surface area contributed by atoms with E-state index in [9.17, 15) is 18.0 Å². The first-order chi connectivity index (χ1) is 17.9. The van der Waals surface area contributed by atoms with Crippen molar-refractivity contribution in [2.75, 3.05) is 12.8 Å². The minimum atomic E-state index is -3.73. The standard InChI is InChI=1S/C27H28Cl3N3O4S/c1-19(27(35)31-15-22-10-13-24(29)14-25(22)30)33(17-21-8-11-23(28)12-9-21)26(34)18-32(38(2,36)37)16-20-6-4-3-5-7-20/h3-14,19H,15-18H2,1-2H3,(H,31,35)/t19-/m0/s1. The number of rotatable bonds is 11. The fraction of sp³-hybridized carbons (Fsp3) is 0.259. The van der Waals surface area contributed by atoms with Gasteiger partial charge in [-0.25, -0.2) is 8.42 Å². The van der Waals surface area contributed by atoms with Gasteiger partial charge in [-0.15, -0.1) is 0 Å². The summed E-state index contributed by atoms with van der Waals surface area (Å²) in [5.41, 5.74) is 2.14. The van der Waals surface area contributed by atoms with Gasteiger partial charge in [0, 0.05) is 34.7 Å². The van der Waals surface area contributed by atoms with Crippen LogP contribution in [0.15, 0.2) is 72.8 Å². The number of nitrogens with one attached hydrogen (secondary N) is 1. The van der Waals surface area contributed by atoms with Gasteiger partial charge in [0.25, 0.3) is 0 Å². The van der Waals surface area contributed by atoms with Gasteiger partial charge in [-0.2, -0.15) is 4.31 Å². The van der Waals surface area contributed by atoms with Crippen molar-refractivity contribution in [3.63, 3.8) is 0 Å². The average Bonchev–Trinajstić information content (AvgIpc) is 2.87. The minimum absolute atomic E-state index is 0.0237. The van der Waals surface area contributed by atoms with Crippen molar-refractivity contribution in [1.29, 1.82) is 0 Å². The molecule has 0 aliphatic heterocycles. The SMILES string of the molecule is C[C@@H](C(=O)NCc1ccc(Cl)cc1Cl)N(Cc1ccc(Cl)cc1)C(=O)CN(Cc1ccccc1)S(C)(=O)=O. The van der Waals surface area contributed by atoms with Crippen LogP contribution in [0.2, 0.25) is 15.1 Å². The first-order valence-electron chi connectivity index (χ1n) is 11.7. The van der Waals surface area contributed by atoms with Crippen LogP contribution >= 0.6 is 34.8 Å². The molecule has 0 spiro atoms. The molecule has 3 aromatic rings. The van der Waals surface area contributed by atoms with E-state index in [0.29, 0.717) is 20.6 Å². The molecule has 0 aromatic heterocycles. The molecule has 3 rings (SSSR count). The maximum Gasteiger partial charge on any atom is 0.242 e. The predicted octanol–water partition coefficient (Wildman–Crippen LogP) is 5.14. The summed E-state index contributed by atoms with van der Waals surface area (Å²) >= 11 is 18.2. The first-order valence-corrected chi connectivity index (χ1v) is 14.7. The Hall–Kier alpha value is -2.62. The topological polar surface area (TPSA) is 86.8 Å². The highest BCUT2D eigenvalue weighted by Gasteiger charge is 2.30. The summed E-state index contributed by atoms with van der Waals surface area (Å²) < 4.78 is 26.2. The largest absolute Gasteiger partial charge is 0.350 e. The smallest absolute Gasteiger partial charge is 0.242 e. The maximum absolute atomic E-state index is 13.6. The highest BCUT2D eigenvalue weighted by molar-refractivity contribution is 7.88. The van der Waals surface area contributed by atoms with Crippen molar-refractivity contribution in [1.82, 2.24) is 14.5 Å². The number of carbonyl (C=O) groups is 2. The number of carbonyl (C=O) groups excluding carboxylic acids is 2. The van der Waals surface area contributed by atoms with Gasteiger partial charge in [-0.3, -0.25) is 9.59 Å². The molecule has 0 unspecified atom stereocenters. The Morgan fingerprint density at radius 2 is 1.47 bits per heavy atom. The fourth-order valence-electron chi connectivity index (χ4n) is 3.68. The average molecular weight is 597 g/mol. The molecule has 0 bridgehead atoms. The molecule has 0 aliphatic carbocycles. The molecule has 3 aromatic carbocycles. The van der Waals surface area contributed by atoms with Gasteiger partial charge < -0.3 is 10.2 Å². The second-order valence-electron chi connectivity index (χ2n) is 8.79. The van der Waals surface area contributed by atoms with E-state index in [0.717, 1.165) is 21.7 Å². The van der Waals surface area contributed by atoms with E-state index in [1.807, 2.05) is 6.07 Å². The van der Waals surface area contributed by atoms with E-state index in [1.165, 1.54) is 4.90 Å². The summed E-state index contributed by atoms with van der Waals surface area (Å²) in [4.78, 5) is 28.0. The molecule has 202 valence electrons. The summed E-state index contributed by atoms with van der Waals surface area (Å²) in [7, 11) is -3.73. The Labute approximate surface area is 238 Å². The summed E-state index contributed by atoms with van der Waals surface area (Å²) in [6.07, 6.45) is 1.05. The van der Waals surface area contributed by atoms with E-state index in [2.05, 4.69) is 5.32 Å². The van der Waals surface area contributed by atoms with Gasteiger partial charge in [-0.1, -0.05) is 83.3 Å². The van der Waals surface area contributed by atoms with Crippen LogP contribution in [0.5, 0.6) is 0 Å². The second kappa shape index (κ2) is 13.4. The molecule has 1 N–H and O–H groups in total. The van der Waals surface area contributed by atoms with Crippen LogP contribution in [-0.4, -0.2) is 48.3 Å². The molecule has 0 heterocycles. The molecule has 0 saturated heterocycles. The molecule has 11 heteroatoms. The summed E-state index contributed by atoms with van der Waals surface area (Å²) in [6, 6.07) is 19.9. The Morgan fingerprint density at radius 3 is 2.08 bits per heavy atom. The number of amides is 2. The molecule has 1 atom stereocenters. The first kappa shape index (κ1) is 29.9. The molecule has 38 heavy (non-hydrogen) atoms. The van der Waals surface area contributed by atoms with Crippen molar-refractivity contribution >= 4 is 56.6 Å². The third-order valence-electron chi connectivity index (χ3n) is 5.88. The monoisotopic (exact) mass is 595 g/mol. The van der Waals surface area contributed by atoms with Gasteiger partial charge in [0.1, 0.15) is 6.04 Å². The van der Waals surface area contributed by atoms with Crippen molar-refractivity contribution in [2.45, 2.75) is 32.6 Å². The maximum atomic E-state index is 13.6. The van der Waals surface area contributed by atoms with Gasteiger partial charge in [0.05, 0.1) is 12.8 Å². The number of halogens is 3. The summed E-state index contributed by atoms with van der Waals surface area (Å²) in [6.45, 7) is 1.40. The Balaban J connectivity index is 1.81. The zero-order chi connectivity index (χ0) is 27.9. The summed E-state index contributed by atoms with van der Waals surface area (Å²) in [5.74, 6) is -0.944. The third kappa shape index (κ3) is 8.71. The number of nitrogens with zero attached hydrogens (tertiary/aromatic N) is 2. The highest BCUT2D eigenvalue weighted by atomic mass is 35.5. The lowest BCUT2D eigenvalue weighted by Gasteiger charge is -2.31. The van der Waals surface area contributed by atoms with Crippen molar-refractivity contribution < 1.29 is 18.0 Å². The number of hydrogen-bond donors (Lipinski definition) is 1. The fourth-order valence-corrected chi connectivity index (χ4v) is 5.01. The summed E-state index contributed by atoms with van der Waals surface area (Å²) in [5, 5.41) is 4.21. The molecule has 0 aliphatic rings. The van der Waals surface area contributed by atoms with Crippen LogP contribution in [0, 0.1) is 0 Å². The molecular formula is C27H28Cl3N3O4S. The zero-order valence-corrected chi connectivity index (χ0v) is 24.0. The van der Waals surface area contributed by atoms with Crippen LogP contribution in [0.4, 0.5) is 0 Å². The van der Waals surface area contributed by atoms with Crippen LogP contribution in [0.3, 0.4) is 0 Å². The molecule has 2 amide bonds. The lowest BCUT2D eigenvalue weighted by Crippen LogP contribution is -2.50. The normalized spacial score (nSPS) is 12.3. The van der Waals surface area contributed by atoms with E-state index in [1.54, 1.807) is 73.7 Å². The molecule has 0 fully saturated rings. The zero-order valence-electron chi connectivity index (χ0n) is 20.9. The van der Waals surface area contributed by atoms with Crippen LogP contribution in [0.1, 0.15) is 23.6 Å². The number of benzene rings is 3. The minimum Gasteiger partial charge on any atom is -0.350 e. The van der Waals surface area contributed by atoms with Gasteiger partial charge in [0.15, 0.2) is 0 Å². The Kier molecular flexibility index (Phi) is 10.6. The molecule has 0 radical (unpaired) electrons. The molecular weight excluding hydrogens is 569 g/mol. The lowest BCUT2D eigenvalue weighted by molar-refractivity contribution is -0.140. The Bertz CT molecular complexity index is 1370. The van der Waals surface area contributed by atoms with E-state index >= 15 is 0 Å². The van der Waals surface area contributed by atoms with Crippen LogP contribution in [0.25, 0.3) is 0 Å². The van der Waals surface area contributed by atoms with Crippen molar-refractivity contribution in [3.05, 3.63) is 105 Å². The molecule has 7 nitrogen and oxygen atoms in total. The van der Waals surface area contributed by atoms with Crippen LogP contribution in [-0.2, 0) is 39.2 Å². The van der Waals surface area contributed by atoms with Crippen molar-refractivity contribution in [2.24, 2.45) is 0 Å². The van der Waals surface area contributed by atoms with Gasteiger partial charge in [-0.05, 0) is 47.9 Å². The van der Waals surface area contributed by atoms with Crippen LogP contribution < -0.4 is 5.32 Å².